The maximum atomic E-state index is 12.7. The van der Waals surface area contributed by atoms with Gasteiger partial charge in [0.25, 0.3) is 0 Å². The van der Waals surface area contributed by atoms with Gasteiger partial charge in [0.05, 0.1) is 4.90 Å². The molecule has 2 fully saturated rings. The lowest BCUT2D eigenvalue weighted by atomic mass is 9.84. The van der Waals surface area contributed by atoms with Crippen LogP contribution in [0, 0.1) is 5.92 Å². The lowest BCUT2D eigenvalue weighted by Crippen LogP contribution is -2.52. The zero-order valence-electron chi connectivity index (χ0n) is 12.2. The summed E-state index contributed by atoms with van der Waals surface area (Å²) in [6.07, 6.45) is 3.09. The van der Waals surface area contributed by atoms with E-state index in [1.54, 1.807) is 24.3 Å². The van der Waals surface area contributed by atoms with E-state index >= 15 is 0 Å². The molecular formula is C15H19BrN2O3S. The first-order valence-electron chi connectivity index (χ1n) is 7.53. The second-order valence-corrected chi connectivity index (χ2v) is 8.55. The van der Waals surface area contributed by atoms with Crippen LogP contribution < -0.4 is 0 Å². The molecule has 1 aliphatic heterocycles. The van der Waals surface area contributed by atoms with E-state index in [1.165, 1.54) is 4.31 Å². The molecule has 1 saturated heterocycles. The van der Waals surface area contributed by atoms with Gasteiger partial charge >= 0.3 is 0 Å². The molecule has 0 spiro atoms. The minimum absolute atomic E-state index is 0.173. The van der Waals surface area contributed by atoms with Gasteiger partial charge in [0, 0.05) is 36.6 Å². The van der Waals surface area contributed by atoms with Crippen LogP contribution in [0.3, 0.4) is 0 Å². The van der Waals surface area contributed by atoms with Crippen LogP contribution in [0.5, 0.6) is 0 Å². The van der Waals surface area contributed by atoms with E-state index in [9.17, 15) is 13.2 Å². The molecule has 1 aromatic carbocycles. The molecule has 1 aromatic rings. The Morgan fingerprint density at radius 2 is 1.73 bits per heavy atom. The topological polar surface area (TPSA) is 57.7 Å². The van der Waals surface area contributed by atoms with Crippen molar-refractivity contribution in [3.8, 4) is 0 Å². The number of sulfonamides is 1. The summed E-state index contributed by atoms with van der Waals surface area (Å²) in [7, 11) is -3.51. The van der Waals surface area contributed by atoms with Gasteiger partial charge in [-0.2, -0.15) is 4.31 Å². The fraction of sp³-hybridized carbons (Fsp3) is 0.533. The maximum absolute atomic E-state index is 12.7. The molecule has 0 aromatic heterocycles. The largest absolute Gasteiger partial charge is 0.340 e. The molecule has 120 valence electrons. The van der Waals surface area contributed by atoms with Gasteiger partial charge < -0.3 is 4.90 Å². The Hall–Kier alpha value is -0.920. The number of hydrogen-bond acceptors (Lipinski definition) is 3. The first kappa shape index (κ1) is 16.0. The van der Waals surface area contributed by atoms with E-state index in [1.807, 2.05) is 4.90 Å². The van der Waals surface area contributed by atoms with Crippen LogP contribution in [-0.4, -0.2) is 49.7 Å². The molecular weight excluding hydrogens is 368 g/mol. The van der Waals surface area contributed by atoms with Crippen LogP contribution in [0.4, 0.5) is 0 Å². The van der Waals surface area contributed by atoms with Gasteiger partial charge in [0.15, 0.2) is 0 Å². The summed E-state index contributed by atoms with van der Waals surface area (Å²) in [5.41, 5.74) is 0. The Bertz CT molecular complexity index is 665. The van der Waals surface area contributed by atoms with Crippen molar-refractivity contribution < 1.29 is 13.2 Å². The second kappa shape index (κ2) is 6.29. The molecule has 0 bridgehead atoms. The number of rotatable bonds is 3. The summed E-state index contributed by atoms with van der Waals surface area (Å²) in [6.45, 7) is 1.70. The number of halogens is 1. The Morgan fingerprint density at radius 1 is 1.09 bits per heavy atom. The number of piperazine rings is 1. The van der Waals surface area contributed by atoms with Gasteiger partial charge in [-0.15, -0.1) is 0 Å². The van der Waals surface area contributed by atoms with Gasteiger partial charge in [-0.1, -0.05) is 18.6 Å². The predicted molar refractivity (Wildman–Crippen MR) is 86.8 cm³/mol. The zero-order chi connectivity index (χ0) is 15.7. The van der Waals surface area contributed by atoms with Crippen molar-refractivity contribution in [1.82, 2.24) is 9.21 Å². The van der Waals surface area contributed by atoms with Gasteiger partial charge in [0.2, 0.25) is 15.9 Å². The third kappa shape index (κ3) is 2.94. The summed E-state index contributed by atoms with van der Waals surface area (Å²) >= 11 is 3.30. The van der Waals surface area contributed by atoms with E-state index in [-0.39, 0.29) is 16.7 Å². The van der Waals surface area contributed by atoms with E-state index in [4.69, 9.17) is 0 Å². The van der Waals surface area contributed by atoms with Crippen LogP contribution in [0.1, 0.15) is 19.3 Å². The quantitative estimate of drug-likeness (QED) is 0.798. The van der Waals surface area contributed by atoms with Crippen LogP contribution in [-0.2, 0) is 14.8 Å². The Kier molecular flexibility index (Phi) is 4.56. The number of hydrogen-bond donors (Lipinski definition) is 0. The summed E-state index contributed by atoms with van der Waals surface area (Å²) in [5, 5.41) is 0. The number of carbonyl (C=O) groups is 1. The molecule has 1 amide bonds. The molecule has 0 unspecified atom stereocenters. The average molecular weight is 387 g/mol. The molecule has 1 saturated carbocycles. The second-order valence-electron chi connectivity index (χ2n) is 5.79. The van der Waals surface area contributed by atoms with Gasteiger partial charge in [-0.3, -0.25) is 4.79 Å². The lowest BCUT2D eigenvalue weighted by molar-refractivity contribution is -0.139. The Labute approximate surface area is 139 Å². The summed E-state index contributed by atoms with van der Waals surface area (Å²) in [6, 6.07) is 6.83. The van der Waals surface area contributed by atoms with Crippen molar-refractivity contribution in [3.05, 3.63) is 28.7 Å². The first-order valence-corrected chi connectivity index (χ1v) is 9.77. The molecule has 7 heteroatoms. The van der Waals surface area contributed by atoms with Crippen molar-refractivity contribution in [2.24, 2.45) is 5.92 Å². The summed E-state index contributed by atoms with van der Waals surface area (Å²) in [4.78, 5) is 14.3. The molecule has 3 rings (SSSR count). The Morgan fingerprint density at radius 3 is 2.27 bits per heavy atom. The summed E-state index contributed by atoms with van der Waals surface area (Å²) < 4.78 is 27.4. The number of carbonyl (C=O) groups excluding carboxylic acids is 1. The van der Waals surface area contributed by atoms with E-state index in [0.717, 1.165) is 19.3 Å². The predicted octanol–water partition coefficient (Wildman–Crippen LogP) is 2.08. The highest BCUT2D eigenvalue weighted by atomic mass is 79.9. The van der Waals surface area contributed by atoms with Crippen molar-refractivity contribution in [2.45, 2.75) is 24.2 Å². The van der Waals surface area contributed by atoms with E-state index < -0.39 is 10.0 Å². The molecule has 0 N–H and O–H groups in total. The van der Waals surface area contributed by atoms with Crippen LogP contribution >= 0.6 is 15.9 Å². The zero-order valence-corrected chi connectivity index (χ0v) is 14.6. The highest BCUT2D eigenvalue weighted by Gasteiger charge is 2.34. The molecule has 1 heterocycles. The molecule has 5 nitrogen and oxygen atoms in total. The molecule has 0 atom stereocenters. The van der Waals surface area contributed by atoms with Gasteiger partial charge in [-0.25, -0.2) is 8.42 Å². The smallest absolute Gasteiger partial charge is 0.244 e. The normalized spacial score (nSPS) is 20.7. The van der Waals surface area contributed by atoms with Crippen LogP contribution in [0.25, 0.3) is 0 Å². The lowest BCUT2D eigenvalue weighted by Gasteiger charge is -2.37. The SMILES string of the molecule is O=C(C1CCC1)N1CCN(S(=O)(=O)c2ccccc2Br)CC1. The van der Waals surface area contributed by atoms with Crippen molar-refractivity contribution >= 4 is 31.9 Å². The first-order chi connectivity index (χ1) is 10.5. The van der Waals surface area contributed by atoms with Crippen molar-refractivity contribution in [3.63, 3.8) is 0 Å². The van der Waals surface area contributed by atoms with Crippen LogP contribution in [0.2, 0.25) is 0 Å². The molecule has 1 aliphatic carbocycles. The van der Waals surface area contributed by atoms with E-state index in [0.29, 0.717) is 30.7 Å². The highest BCUT2D eigenvalue weighted by molar-refractivity contribution is 9.10. The van der Waals surface area contributed by atoms with E-state index in [2.05, 4.69) is 15.9 Å². The highest BCUT2D eigenvalue weighted by Crippen LogP contribution is 2.29. The standard InChI is InChI=1S/C15H19BrN2O3S/c16-13-6-1-2-7-14(13)22(20,21)18-10-8-17(9-11-18)15(19)12-4-3-5-12/h1-2,6-7,12H,3-5,8-11H2. The molecule has 0 radical (unpaired) electrons. The fourth-order valence-electron chi connectivity index (χ4n) is 2.86. The van der Waals surface area contributed by atoms with Gasteiger partial charge in [0.1, 0.15) is 0 Å². The van der Waals surface area contributed by atoms with Crippen molar-refractivity contribution in [2.75, 3.05) is 26.2 Å². The third-order valence-corrected chi connectivity index (χ3v) is 7.37. The van der Waals surface area contributed by atoms with Gasteiger partial charge in [-0.05, 0) is 40.9 Å². The number of benzene rings is 1. The minimum atomic E-state index is -3.51. The monoisotopic (exact) mass is 386 g/mol. The number of nitrogens with zero attached hydrogens (tertiary/aromatic N) is 2. The number of amides is 1. The fourth-order valence-corrected chi connectivity index (χ4v) is 5.24. The third-order valence-electron chi connectivity index (χ3n) is 4.46. The molecule has 22 heavy (non-hydrogen) atoms. The summed E-state index contributed by atoms with van der Waals surface area (Å²) in [5.74, 6) is 0.371. The average Bonchev–Trinajstić information content (AvgIpc) is 2.46. The maximum Gasteiger partial charge on any atom is 0.244 e. The van der Waals surface area contributed by atoms with Crippen molar-refractivity contribution in [1.29, 1.82) is 0 Å². The molecule has 2 aliphatic rings. The van der Waals surface area contributed by atoms with Crippen LogP contribution in [0.15, 0.2) is 33.6 Å². The minimum Gasteiger partial charge on any atom is -0.340 e. The Balaban J connectivity index is 1.68.